The molecule has 0 N–H and O–H groups in total. The van der Waals surface area contributed by atoms with Gasteiger partial charge in [0.05, 0.1) is 5.69 Å². The van der Waals surface area contributed by atoms with Crippen molar-refractivity contribution in [3.8, 4) is 0 Å². The van der Waals surface area contributed by atoms with Crippen molar-refractivity contribution < 1.29 is 4.79 Å². The van der Waals surface area contributed by atoms with Crippen LogP contribution in [0.5, 0.6) is 0 Å². The normalized spacial score (nSPS) is 19.1. The quantitative estimate of drug-likeness (QED) is 0.858. The monoisotopic (exact) mass is 341 g/mol. The minimum Gasteiger partial charge on any atom is -0.351 e. The summed E-state index contributed by atoms with van der Waals surface area (Å²) < 4.78 is 1.89. The summed E-state index contributed by atoms with van der Waals surface area (Å²) in [7, 11) is 0. The molecule has 0 bridgehead atoms. The third kappa shape index (κ3) is 3.48. The maximum Gasteiger partial charge on any atom is 0.222 e. The number of hydrogen-bond acceptors (Lipinski definition) is 4. The van der Waals surface area contributed by atoms with Crippen molar-refractivity contribution in [1.29, 1.82) is 0 Å². The van der Waals surface area contributed by atoms with Gasteiger partial charge in [0.25, 0.3) is 0 Å². The number of anilines is 1. The Morgan fingerprint density at radius 3 is 2.72 bits per heavy atom. The van der Waals surface area contributed by atoms with Gasteiger partial charge in [0.15, 0.2) is 5.82 Å². The van der Waals surface area contributed by atoms with Crippen molar-refractivity contribution in [3.05, 3.63) is 24.2 Å². The van der Waals surface area contributed by atoms with Gasteiger partial charge in [-0.05, 0) is 25.3 Å². The zero-order valence-electron chi connectivity index (χ0n) is 15.0. The number of nitrogens with zero attached hydrogens (tertiary/aromatic N) is 5. The van der Waals surface area contributed by atoms with Crippen molar-refractivity contribution in [3.63, 3.8) is 0 Å². The highest BCUT2D eigenvalue weighted by molar-refractivity contribution is 5.77. The molecule has 0 unspecified atom stereocenters. The molecule has 2 aliphatic rings. The molecule has 1 amide bonds. The Balaban J connectivity index is 1.35. The van der Waals surface area contributed by atoms with Gasteiger partial charge in [0.1, 0.15) is 5.52 Å². The van der Waals surface area contributed by atoms with Crippen LogP contribution >= 0.6 is 0 Å². The highest BCUT2D eigenvalue weighted by Gasteiger charge is 2.24. The van der Waals surface area contributed by atoms with Crippen LogP contribution in [-0.2, 0) is 4.79 Å². The van der Waals surface area contributed by atoms with E-state index in [0.717, 1.165) is 62.0 Å². The molecule has 6 heteroatoms. The predicted octanol–water partition coefficient (Wildman–Crippen LogP) is 2.66. The van der Waals surface area contributed by atoms with Crippen LogP contribution in [0.3, 0.4) is 0 Å². The lowest BCUT2D eigenvalue weighted by Gasteiger charge is -2.35. The zero-order chi connectivity index (χ0) is 17.2. The van der Waals surface area contributed by atoms with Crippen LogP contribution in [0, 0.1) is 12.8 Å². The summed E-state index contributed by atoms with van der Waals surface area (Å²) in [6, 6.07) is 2.07. The van der Waals surface area contributed by atoms with Gasteiger partial charge in [0.2, 0.25) is 5.91 Å². The van der Waals surface area contributed by atoms with E-state index in [4.69, 9.17) is 0 Å². The number of rotatable bonds is 4. The van der Waals surface area contributed by atoms with Gasteiger partial charge in [-0.15, -0.1) is 0 Å². The maximum atomic E-state index is 12.5. The van der Waals surface area contributed by atoms with Crippen LogP contribution in [0.15, 0.2) is 18.5 Å². The number of fused-ring (bicyclic) bond motifs is 1. The van der Waals surface area contributed by atoms with E-state index in [1.54, 1.807) is 6.20 Å². The lowest BCUT2D eigenvalue weighted by Crippen LogP contribution is -2.49. The van der Waals surface area contributed by atoms with E-state index >= 15 is 0 Å². The first kappa shape index (κ1) is 16.4. The smallest absolute Gasteiger partial charge is 0.222 e. The Bertz CT molecular complexity index is 741. The van der Waals surface area contributed by atoms with E-state index in [-0.39, 0.29) is 0 Å². The van der Waals surface area contributed by atoms with Crippen LogP contribution in [-0.4, -0.2) is 51.6 Å². The summed E-state index contributed by atoms with van der Waals surface area (Å²) in [5, 5.41) is 4.46. The average Bonchev–Trinajstić information content (AvgIpc) is 3.27. The summed E-state index contributed by atoms with van der Waals surface area (Å²) in [5.74, 6) is 2.09. The molecule has 0 atom stereocenters. The fourth-order valence-electron chi connectivity index (χ4n) is 4.23. The molecular weight excluding hydrogens is 314 g/mol. The molecule has 3 heterocycles. The standard InChI is InChI=1S/C19H27N5O/c1-15-14-17-19(20-8-9-24(17)21-15)23-12-10-22(11-13-23)18(25)7-6-16-4-2-3-5-16/h8-9,14,16H,2-7,10-13H2,1H3. The number of carbonyl (C=O) groups is 1. The fraction of sp³-hybridized carbons (Fsp3) is 0.632. The van der Waals surface area contributed by atoms with Gasteiger partial charge >= 0.3 is 0 Å². The molecule has 1 saturated heterocycles. The second-order valence-electron chi connectivity index (χ2n) is 7.42. The van der Waals surface area contributed by atoms with Crippen molar-refractivity contribution in [2.75, 3.05) is 31.1 Å². The first-order valence-corrected chi connectivity index (χ1v) is 9.54. The largest absolute Gasteiger partial charge is 0.351 e. The van der Waals surface area contributed by atoms with Crippen LogP contribution in [0.4, 0.5) is 5.82 Å². The zero-order valence-corrected chi connectivity index (χ0v) is 15.0. The van der Waals surface area contributed by atoms with Crippen LogP contribution in [0.2, 0.25) is 0 Å². The molecule has 25 heavy (non-hydrogen) atoms. The van der Waals surface area contributed by atoms with Crippen LogP contribution in [0.1, 0.15) is 44.2 Å². The van der Waals surface area contributed by atoms with Gasteiger partial charge in [-0.1, -0.05) is 25.7 Å². The maximum absolute atomic E-state index is 12.5. The summed E-state index contributed by atoms with van der Waals surface area (Å²) in [4.78, 5) is 21.4. The first-order valence-electron chi connectivity index (χ1n) is 9.54. The lowest BCUT2D eigenvalue weighted by atomic mass is 10.0. The molecule has 2 aromatic heterocycles. The highest BCUT2D eigenvalue weighted by Crippen LogP contribution is 2.29. The molecule has 134 valence electrons. The molecule has 0 radical (unpaired) electrons. The van der Waals surface area contributed by atoms with E-state index in [9.17, 15) is 4.79 Å². The van der Waals surface area contributed by atoms with Crippen molar-refractivity contribution >= 4 is 17.2 Å². The Morgan fingerprint density at radius 2 is 1.96 bits per heavy atom. The van der Waals surface area contributed by atoms with Crippen LogP contribution < -0.4 is 4.90 Å². The van der Waals surface area contributed by atoms with Gasteiger partial charge < -0.3 is 9.80 Å². The third-order valence-electron chi connectivity index (χ3n) is 5.66. The van der Waals surface area contributed by atoms with E-state index in [2.05, 4.69) is 21.0 Å². The van der Waals surface area contributed by atoms with Crippen LogP contribution in [0.25, 0.3) is 5.52 Å². The van der Waals surface area contributed by atoms with E-state index < -0.39 is 0 Å². The molecule has 0 aromatic carbocycles. The van der Waals surface area contributed by atoms with Gasteiger partial charge in [0, 0.05) is 45.0 Å². The summed E-state index contributed by atoms with van der Waals surface area (Å²) in [6.45, 7) is 5.26. The van der Waals surface area contributed by atoms with Gasteiger partial charge in [-0.2, -0.15) is 5.10 Å². The molecule has 2 fully saturated rings. The van der Waals surface area contributed by atoms with Crippen molar-refractivity contribution in [2.24, 2.45) is 5.92 Å². The van der Waals surface area contributed by atoms with E-state index in [1.165, 1.54) is 25.7 Å². The summed E-state index contributed by atoms with van der Waals surface area (Å²) >= 11 is 0. The van der Waals surface area contributed by atoms with Gasteiger partial charge in [-0.3, -0.25) is 4.79 Å². The van der Waals surface area contributed by atoms with Crippen molar-refractivity contribution in [1.82, 2.24) is 19.5 Å². The summed E-state index contributed by atoms with van der Waals surface area (Å²) in [5.41, 5.74) is 2.04. The summed E-state index contributed by atoms with van der Waals surface area (Å²) in [6.07, 6.45) is 10.8. The fourth-order valence-corrected chi connectivity index (χ4v) is 4.23. The Labute approximate surface area is 148 Å². The van der Waals surface area contributed by atoms with Crippen molar-refractivity contribution in [2.45, 2.75) is 45.4 Å². The predicted molar refractivity (Wildman–Crippen MR) is 97.7 cm³/mol. The second kappa shape index (κ2) is 7.02. The Hall–Kier alpha value is -2.11. The highest BCUT2D eigenvalue weighted by atomic mass is 16.2. The molecule has 0 spiro atoms. The lowest BCUT2D eigenvalue weighted by molar-refractivity contribution is -0.131. The molecule has 1 aliphatic carbocycles. The Kier molecular flexibility index (Phi) is 4.59. The topological polar surface area (TPSA) is 53.7 Å². The Morgan fingerprint density at radius 1 is 1.20 bits per heavy atom. The number of aryl methyl sites for hydroxylation is 1. The third-order valence-corrected chi connectivity index (χ3v) is 5.66. The number of piperazine rings is 1. The number of aromatic nitrogens is 3. The SMILES string of the molecule is Cc1cc2c(N3CCN(C(=O)CCC4CCCC4)CC3)nccn2n1. The molecule has 1 aliphatic heterocycles. The first-order chi connectivity index (χ1) is 12.2. The molecule has 1 saturated carbocycles. The van der Waals surface area contributed by atoms with Gasteiger partial charge in [-0.25, -0.2) is 9.50 Å². The second-order valence-corrected chi connectivity index (χ2v) is 7.42. The van der Waals surface area contributed by atoms with E-state index in [0.29, 0.717) is 5.91 Å². The number of amides is 1. The molecular formula is C19H27N5O. The average molecular weight is 341 g/mol. The molecule has 4 rings (SSSR count). The minimum absolute atomic E-state index is 0.331. The number of carbonyl (C=O) groups excluding carboxylic acids is 1. The molecule has 2 aromatic rings. The minimum atomic E-state index is 0.331. The molecule has 6 nitrogen and oxygen atoms in total. The number of hydrogen-bond donors (Lipinski definition) is 0. The van der Waals surface area contributed by atoms with E-state index in [1.807, 2.05) is 22.5 Å².